The molecule has 5 amide bonds. The van der Waals surface area contributed by atoms with Gasteiger partial charge in [0.05, 0.1) is 6.42 Å². The first-order valence-electron chi connectivity index (χ1n) is 23.5. The molecule has 1 aliphatic carbocycles. The first-order chi connectivity index (χ1) is 32.2. The fraction of sp³-hybridized carbons (Fsp3) is 0.490. The van der Waals surface area contributed by atoms with Crippen molar-refractivity contribution >= 4 is 41.6 Å². The summed E-state index contributed by atoms with van der Waals surface area (Å²) < 4.78 is 10.8. The van der Waals surface area contributed by atoms with Gasteiger partial charge in [-0.2, -0.15) is 5.10 Å². The zero-order valence-corrected chi connectivity index (χ0v) is 40.2. The Morgan fingerprint density at radius 2 is 1.47 bits per heavy atom. The van der Waals surface area contributed by atoms with Gasteiger partial charge in [-0.15, -0.1) is 0 Å². The van der Waals surface area contributed by atoms with E-state index in [-0.39, 0.29) is 54.4 Å². The number of amides is 5. The third-order valence-electron chi connectivity index (χ3n) is 12.0. The summed E-state index contributed by atoms with van der Waals surface area (Å²) in [5.74, 6) is -0.213. The van der Waals surface area contributed by atoms with Crippen LogP contribution in [-0.4, -0.2) is 104 Å². The molecular formula is C51H66N8O9. The van der Waals surface area contributed by atoms with Gasteiger partial charge in [0, 0.05) is 61.2 Å². The Hall–Kier alpha value is -6.78. The van der Waals surface area contributed by atoms with E-state index in [9.17, 15) is 33.9 Å². The fourth-order valence-electron chi connectivity index (χ4n) is 8.42. The van der Waals surface area contributed by atoms with E-state index >= 15 is 0 Å². The van der Waals surface area contributed by atoms with Crippen molar-refractivity contribution in [3.05, 3.63) is 89.2 Å². The number of anilines is 1. The predicted octanol–water partition coefficient (Wildman–Crippen LogP) is 7.59. The number of alkyl carbamates (subject to hydrolysis) is 1. The Kier molecular flexibility index (Phi) is 16.6. The monoisotopic (exact) mass is 934 g/mol. The average molecular weight is 935 g/mol. The maximum atomic E-state index is 14.1. The van der Waals surface area contributed by atoms with Crippen LogP contribution in [0, 0.1) is 18.8 Å². The topological polar surface area (TPSA) is 234 Å². The smallest absolute Gasteiger partial charge is 0.407 e. The van der Waals surface area contributed by atoms with Crippen LogP contribution in [0.4, 0.5) is 15.3 Å². The lowest BCUT2D eigenvalue weighted by Crippen LogP contribution is -2.48. The van der Waals surface area contributed by atoms with Crippen LogP contribution in [0.3, 0.4) is 0 Å². The molecule has 1 aliphatic heterocycles. The highest BCUT2D eigenvalue weighted by atomic mass is 16.6. The lowest BCUT2D eigenvalue weighted by atomic mass is 9.81. The molecule has 3 aromatic carbocycles. The number of aryl methyl sites for hydroxylation is 2. The molecule has 6 rings (SSSR count). The number of esters is 1. The SMILES string of the molecule is Cc1cc(C(=O)NC2CCN(C(=O)O)CC2)ccc1-c1ccc(C[C@H](NC(=O)C2CCC(CNC(=O)OC(C)(C)C)CC2)C(=O)Nc2ccc(-c3n[nH]c(CCC(=O)OC(C)(C)C)n3)cc2)cc1. The Bertz CT molecular complexity index is 2400. The van der Waals surface area contributed by atoms with Crippen LogP contribution in [-0.2, 0) is 36.7 Å². The summed E-state index contributed by atoms with van der Waals surface area (Å²) in [6.07, 6.45) is 3.15. The molecule has 17 nitrogen and oxygen atoms in total. The molecular weight excluding hydrogens is 869 g/mol. The number of hydrogen-bond acceptors (Lipinski definition) is 10. The maximum absolute atomic E-state index is 14.1. The van der Waals surface area contributed by atoms with Crippen LogP contribution in [0.15, 0.2) is 66.7 Å². The minimum absolute atomic E-state index is 0.0963. The van der Waals surface area contributed by atoms with Crippen LogP contribution in [0.5, 0.6) is 0 Å². The Morgan fingerprint density at radius 3 is 2.09 bits per heavy atom. The van der Waals surface area contributed by atoms with Crippen LogP contribution < -0.4 is 21.3 Å². The predicted molar refractivity (Wildman–Crippen MR) is 257 cm³/mol. The second-order valence-corrected chi connectivity index (χ2v) is 19.9. The van der Waals surface area contributed by atoms with Gasteiger partial charge >= 0.3 is 18.2 Å². The number of piperidine rings is 1. The fourth-order valence-corrected chi connectivity index (χ4v) is 8.42. The van der Waals surface area contributed by atoms with Crippen LogP contribution in [0.25, 0.3) is 22.5 Å². The first-order valence-corrected chi connectivity index (χ1v) is 23.5. The van der Waals surface area contributed by atoms with E-state index in [1.54, 1.807) is 30.3 Å². The Balaban J connectivity index is 1.10. The third kappa shape index (κ3) is 15.1. The molecule has 1 saturated heterocycles. The van der Waals surface area contributed by atoms with Crippen molar-refractivity contribution in [1.29, 1.82) is 0 Å². The van der Waals surface area contributed by atoms with E-state index < -0.39 is 29.4 Å². The number of aromatic amines is 1. The molecule has 1 saturated carbocycles. The first kappa shape index (κ1) is 50.6. The van der Waals surface area contributed by atoms with E-state index in [1.807, 2.05) is 84.9 Å². The van der Waals surface area contributed by atoms with E-state index in [0.717, 1.165) is 35.1 Å². The molecule has 1 atom stereocenters. The van der Waals surface area contributed by atoms with Crippen molar-refractivity contribution in [3.63, 3.8) is 0 Å². The number of ether oxygens (including phenoxy) is 2. The van der Waals surface area contributed by atoms with Gasteiger partial charge < -0.3 is 40.7 Å². The number of nitrogens with zero attached hydrogens (tertiary/aromatic N) is 3. The number of hydrogen-bond donors (Lipinski definition) is 6. The number of benzene rings is 3. The normalized spacial score (nSPS) is 17.1. The zero-order valence-electron chi connectivity index (χ0n) is 40.2. The molecule has 0 unspecified atom stereocenters. The molecule has 2 heterocycles. The number of likely N-dealkylation sites (tertiary alicyclic amines) is 1. The standard InChI is InChI=1S/C51H66N8O9/c1-31-28-37(46(62)53-39-24-26-59(27-25-39)49(65)66)18-21-40(31)34-12-8-32(9-13-34)29-41(55-45(61)36-14-10-33(11-15-36)30-52-48(64)68-51(5,6)7)47(63)54-38-19-16-35(17-20-38)44-56-42(57-58-44)22-23-43(60)67-50(2,3)4/h8-9,12-13,16-21,28,33,36,39,41H,10-11,14-15,22-27,29-30H2,1-7H3,(H,52,64)(H,53,62)(H,54,63)(H,55,61)(H,65,66)(H,56,57,58)/t33?,36?,41-/m0/s1. The van der Waals surface area contributed by atoms with Gasteiger partial charge in [-0.05, 0) is 152 Å². The lowest BCUT2D eigenvalue weighted by molar-refractivity contribution is -0.154. The van der Waals surface area contributed by atoms with Crippen molar-refractivity contribution in [2.75, 3.05) is 25.0 Å². The molecule has 0 bridgehead atoms. The summed E-state index contributed by atoms with van der Waals surface area (Å²) in [6.45, 7) is 14.1. The average Bonchev–Trinajstić information content (AvgIpc) is 3.76. The van der Waals surface area contributed by atoms with Crippen molar-refractivity contribution in [2.24, 2.45) is 11.8 Å². The number of nitrogens with one attached hydrogen (secondary N) is 5. The molecule has 17 heteroatoms. The van der Waals surface area contributed by atoms with Crippen molar-refractivity contribution in [3.8, 4) is 22.5 Å². The molecule has 364 valence electrons. The van der Waals surface area contributed by atoms with Gasteiger partial charge in [-0.25, -0.2) is 14.6 Å². The molecule has 0 radical (unpaired) electrons. The number of H-pyrrole nitrogens is 1. The number of carbonyl (C=O) groups excluding carboxylic acids is 5. The molecule has 1 aromatic heterocycles. The summed E-state index contributed by atoms with van der Waals surface area (Å²) in [7, 11) is 0. The van der Waals surface area contributed by atoms with Gasteiger partial charge in [-0.3, -0.25) is 24.3 Å². The number of carbonyl (C=O) groups is 6. The quantitative estimate of drug-likeness (QED) is 0.0636. The minimum atomic E-state index is -0.947. The second kappa shape index (κ2) is 22.3. The molecule has 0 spiro atoms. The second-order valence-electron chi connectivity index (χ2n) is 19.9. The molecule has 2 aliphatic rings. The van der Waals surface area contributed by atoms with Gasteiger partial charge in [0.15, 0.2) is 5.82 Å². The van der Waals surface area contributed by atoms with Crippen LogP contribution in [0.1, 0.15) is 114 Å². The highest BCUT2D eigenvalue weighted by molar-refractivity contribution is 5.98. The van der Waals surface area contributed by atoms with Crippen molar-refractivity contribution < 1.29 is 43.3 Å². The van der Waals surface area contributed by atoms with Crippen molar-refractivity contribution in [1.82, 2.24) is 36.0 Å². The van der Waals surface area contributed by atoms with Crippen LogP contribution >= 0.6 is 0 Å². The van der Waals surface area contributed by atoms with Crippen LogP contribution in [0.2, 0.25) is 0 Å². The van der Waals surface area contributed by atoms with Gasteiger partial charge in [-0.1, -0.05) is 30.3 Å². The van der Waals surface area contributed by atoms with Gasteiger partial charge in [0.2, 0.25) is 11.8 Å². The highest BCUT2D eigenvalue weighted by Crippen LogP contribution is 2.30. The van der Waals surface area contributed by atoms with Gasteiger partial charge in [0.25, 0.3) is 5.91 Å². The summed E-state index contributed by atoms with van der Waals surface area (Å²) in [5.41, 5.74) is 4.16. The summed E-state index contributed by atoms with van der Waals surface area (Å²) in [6, 6.07) is 19.4. The maximum Gasteiger partial charge on any atom is 0.407 e. The Labute approximate surface area is 397 Å². The molecule has 68 heavy (non-hydrogen) atoms. The lowest BCUT2D eigenvalue weighted by Gasteiger charge is -2.30. The third-order valence-corrected chi connectivity index (χ3v) is 12.0. The van der Waals surface area contributed by atoms with E-state index in [2.05, 4.69) is 36.4 Å². The van der Waals surface area contributed by atoms with E-state index in [4.69, 9.17) is 9.47 Å². The van der Waals surface area contributed by atoms with Crippen molar-refractivity contribution in [2.45, 2.75) is 130 Å². The Morgan fingerprint density at radius 1 is 0.824 bits per heavy atom. The van der Waals surface area contributed by atoms with E-state index in [0.29, 0.717) is 80.2 Å². The summed E-state index contributed by atoms with van der Waals surface area (Å²) in [5, 5.41) is 28.4. The molecule has 6 N–H and O–H groups in total. The highest BCUT2D eigenvalue weighted by Gasteiger charge is 2.31. The largest absolute Gasteiger partial charge is 0.465 e. The number of carboxylic acid groups (broad SMARTS) is 1. The zero-order chi connectivity index (χ0) is 49.2. The van der Waals surface area contributed by atoms with Gasteiger partial charge in [0.1, 0.15) is 23.1 Å². The van der Waals surface area contributed by atoms with E-state index in [1.165, 1.54) is 4.90 Å². The number of aromatic nitrogens is 3. The molecule has 2 fully saturated rings. The summed E-state index contributed by atoms with van der Waals surface area (Å²) >= 11 is 0. The minimum Gasteiger partial charge on any atom is -0.465 e. The molecule has 4 aromatic rings. The summed E-state index contributed by atoms with van der Waals surface area (Å²) in [4.78, 5) is 82.7. The number of rotatable bonds is 15.